The number of pyridine rings is 1. The van der Waals surface area contributed by atoms with E-state index in [9.17, 15) is 0 Å². The van der Waals surface area contributed by atoms with Crippen molar-refractivity contribution in [3.8, 4) is 5.69 Å². The molecule has 0 aliphatic rings. The van der Waals surface area contributed by atoms with Gasteiger partial charge in [-0.1, -0.05) is 24.3 Å². The number of hydrogen-bond acceptors (Lipinski definition) is 1. The summed E-state index contributed by atoms with van der Waals surface area (Å²) in [7, 11) is 0. The highest BCUT2D eigenvalue weighted by molar-refractivity contribution is 6.04. The number of anilines is 1. The lowest BCUT2D eigenvalue weighted by Gasteiger charge is -2.15. The lowest BCUT2D eigenvalue weighted by molar-refractivity contribution is 1.02. The summed E-state index contributed by atoms with van der Waals surface area (Å²) >= 11 is 0. The van der Waals surface area contributed by atoms with Gasteiger partial charge in [-0.2, -0.15) is 0 Å². The van der Waals surface area contributed by atoms with Gasteiger partial charge in [0.25, 0.3) is 0 Å². The van der Waals surface area contributed by atoms with Crippen LogP contribution in [0.25, 0.3) is 22.1 Å². The minimum absolute atomic E-state index is 0.862. The highest BCUT2D eigenvalue weighted by Crippen LogP contribution is 2.36. The molecule has 0 aliphatic carbocycles. The first-order valence-electron chi connectivity index (χ1n) is 7.52. The summed E-state index contributed by atoms with van der Waals surface area (Å²) in [5.74, 6) is 0. The minimum Gasteiger partial charge on any atom is -0.397 e. The van der Waals surface area contributed by atoms with Gasteiger partial charge in [-0.3, -0.25) is 0 Å². The molecule has 3 aromatic heterocycles. The van der Waals surface area contributed by atoms with Gasteiger partial charge in [-0.15, -0.1) is 0 Å². The average Bonchev–Trinajstić information content (AvgIpc) is 2.98. The Hall–Kier alpha value is -2.68. The van der Waals surface area contributed by atoms with E-state index in [4.69, 9.17) is 5.73 Å². The summed E-state index contributed by atoms with van der Waals surface area (Å²) in [6.07, 6.45) is 4.19. The van der Waals surface area contributed by atoms with Gasteiger partial charge in [-0.05, 0) is 44.0 Å². The number of nitrogens with two attached hydrogens (primary N) is 1. The number of nitrogen functional groups attached to an aromatic ring is 1. The third kappa shape index (κ3) is 1.56. The predicted octanol–water partition coefficient (Wildman–Crippen LogP) is 4.39. The second-order valence-corrected chi connectivity index (χ2v) is 5.96. The maximum atomic E-state index is 6.41. The van der Waals surface area contributed by atoms with Gasteiger partial charge in [0, 0.05) is 23.5 Å². The van der Waals surface area contributed by atoms with E-state index in [-0.39, 0.29) is 0 Å². The zero-order chi connectivity index (χ0) is 15.4. The van der Waals surface area contributed by atoms with Crippen LogP contribution in [0.3, 0.4) is 0 Å². The van der Waals surface area contributed by atoms with Crippen LogP contribution in [-0.4, -0.2) is 8.97 Å². The molecule has 0 spiro atoms. The van der Waals surface area contributed by atoms with Crippen molar-refractivity contribution in [2.45, 2.75) is 20.8 Å². The number of nitrogens with zero attached hydrogens (tertiary/aromatic N) is 2. The first-order chi connectivity index (χ1) is 10.6. The molecule has 3 heteroatoms. The van der Waals surface area contributed by atoms with Gasteiger partial charge in [0.1, 0.15) is 0 Å². The average molecular weight is 289 g/mol. The van der Waals surface area contributed by atoms with Gasteiger partial charge in [-0.25, -0.2) is 0 Å². The lowest BCUT2D eigenvalue weighted by Crippen LogP contribution is -2.03. The SMILES string of the molecule is Cc1cccc(C)c1-n1c(C)c(N)c2cn3ccccc3c21. The topological polar surface area (TPSA) is 35.4 Å². The molecule has 0 amide bonds. The van der Waals surface area contributed by atoms with Gasteiger partial charge in [0.15, 0.2) is 0 Å². The third-order valence-electron chi connectivity index (χ3n) is 4.56. The Morgan fingerprint density at radius 2 is 1.64 bits per heavy atom. The van der Waals surface area contributed by atoms with Crippen LogP contribution in [0.2, 0.25) is 0 Å². The van der Waals surface area contributed by atoms with E-state index in [0.29, 0.717) is 0 Å². The monoisotopic (exact) mass is 289 g/mol. The molecule has 3 heterocycles. The predicted molar refractivity (Wildman–Crippen MR) is 92.9 cm³/mol. The quantitative estimate of drug-likeness (QED) is 0.554. The summed E-state index contributed by atoms with van der Waals surface area (Å²) in [4.78, 5) is 0. The molecule has 0 radical (unpaired) electrons. The van der Waals surface area contributed by atoms with E-state index in [1.165, 1.54) is 27.8 Å². The van der Waals surface area contributed by atoms with E-state index in [2.05, 4.69) is 72.5 Å². The molecule has 0 aliphatic heterocycles. The number of para-hydroxylation sites is 1. The number of aromatic nitrogens is 2. The zero-order valence-electron chi connectivity index (χ0n) is 13.1. The van der Waals surface area contributed by atoms with Crippen LogP contribution in [0, 0.1) is 20.8 Å². The standard InChI is InChI=1S/C19H19N3/c1-12-7-6-8-13(2)18(12)22-14(3)17(20)15-11-21-10-5-4-9-16(21)19(15)22/h4-11H,20H2,1-3H3. The normalized spacial score (nSPS) is 11.6. The van der Waals surface area contributed by atoms with Gasteiger partial charge < -0.3 is 14.7 Å². The summed E-state index contributed by atoms with van der Waals surface area (Å²) in [6.45, 7) is 6.41. The second kappa shape index (κ2) is 4.41. The van der Waals surface area contributed by atoms with Crippen molar-refractivity contribution in [3.63, 3.8) is 0 Å². The fourth-order valence-electron chi connectivity index (χ4n) is 3.46. The molecule has 0 fully saturated rings. The Balaban J connectivity index is 2.24. The van der Waals surface area contributed by atoms with Gasteiger partial charge >= 0.3 is 0 Å². The molecular weight excluding hydrogens is 270 g/mol. The third-order valence-corrected chi connectivity index (χ3v) is 4.56. The Labute approximate surface area is 129 Å². The van der Waals surface area contributed by atoms with Crippen molar-refractivity contribution in [3.05, 3.63) is 65.6 Å². The fourth-order valence-corrected chi connectivity index (χ4v) is 3.46. The van der Waals surface area contributed by atoms with Crippen molar-refractivity contribution in [1.29, 1.82) is 0 Å². The molecule has 3 nitrogen and oxygen atoms in total. The van der Waals surface area contributed by atoms with Gasteiger partial charge in [0.2, 0.25) is 0 Å². The zero-order valence-corrected chi connectivity index (χ0v) is 13.1. The summed E-state index contributed by atoms with van der Waals surface area (Å²) in [5.41, 5.74) is 14.5. The second-order valence-electron chi connectivity index (χ2n) is 5.96. The van der Waals surface area contributed by atoms with E-state index in [0.717, 1.165) is 16.8 Å². The molecule has 0 saturated heterocycles. The molecule has 1 aromatic carbocycles. The maximum absolute atomic E-state index is 6.41. The molecule has 4 aromatic rings. The molecule has 4 rings (SSSR count). The van der Waals surface area contributed by atoms with Crippen molar-refractivity contribution in [2.24, 2.45) is 0 Å². The Morgan fingerprint density at radius 3 is 2.36 bits per heavy atom. The van der Waals surface area contributed by atoms with Crippen molar-refractivity contribution in [2.75, 3.05) is 5.73 Å². The van der Waals surface area contributed by atoms with Crippen LogP contribution in [0.15, 0.2) is 48.8 Å². The number of hydrogen-bond donors (Lipinski definition) is 1. The molecule has 0 saturated carbocycles. The van der Waals surface area contributed by atoms with Crippen molar-refractivity contribution in [1.82, 2.24) is 8.97 Å². The number of aryl methyl sites for hydroxylation is 2. The highest BCUT2D eigenvalue weighted by atomic mass is 15.0. The summed E-state index contributed by atoms with van der Waals surface area (Å²) in [6, 6.07) is 12.7. The van der Waals surface area contributed by atoms with Crippen molar-refractivity contribution < 1.29 is 0 Å². The molecule has 0 atom stereocenters. The number of fused-ring (bicyclic) bond motifs is 3. The summed E-state index contributed by atoms with van der Waals surface area (Å²) < 4.78 is 4.45. The molecule has 110 valence electrons. The minimum atomic E-state index is 0.862. The van der Waals surface area contributed by atoms with Gasteiger partial charge in [0.05, 0.1) is 22.4 Å². The van der Waals surface area contributed by atoms with Crippen LogP contribution in [0.1, 0.15) is 16.8 Å². The van der Waals surface area contributed by atoms with E-state index >= 15 is 0 Å². The number of benzene rings is 1. The van der Waals surface area contributed by atoms with Crippen LogP contribution < -0.4 is 5.73 Å². The van der Waals surface area contributed by atoms with Crippen LogP contribution >= 0.6 is 0 Å². The van der Waals surface area contributed by atoms with E-state index < -0.39 is 0 Å². The maximum Gasteiger partial charge on any atom is 0.0809 e. The largest absolute Gasteiger partial charge is 0.397 e. The number of rotatable bonds is 1. The Kier molecular flexibility index (Phi) is 2.61. The van der Waals surface area contributed by atoms with E-state index in [1.54, 1.807) is 0 Å². The lowest BCUT2D eigenvalue weighted by atomic mass is 10.1. The molecule has 0 bridgehead atoms. The molecule has 0 unspecified atom stereocenters. The smallest absolute Gasteiger partial charge is 0.0809 e. The Bertz CT molecular complexity index is 998. The Morgan fingerprint density at radius 1 is 0.909 bits per heavy atom. The first-order valence-corrected chi connectivity index (χ1v) is 7.52. The van der Waals surface area contributed by atoms with E-state index in [1.807, 2.05) is 6.07 Å². The fraction of sp³-hybridized carbons (Fsp3) is 0.158. The van der Waals surface area contributed by atoms with Crippen LogP contribution in [-0.2, 0) is 0 Å². The molecule has 22 heavy (non-hydrogen) atoms. The first kappa shape index (κ1) is 13.0. The molecule has 2 N–H and O–H groups in total. The summed E-state index contributed by atoms with van der Waals surface area (Å²) in [5, 5.41) is 1.12. The van der Waals surface area contributed by atoms with Crippen LogP contribution in [0.5, 0.6) is 0 Å². The molecular formula is C19H19N3. The van der Waals surface area contributed by atoms with Crippen molar-refractivity contribution >= 4 is 22.1 Å². The van der Waals surface area contributed by atoms with Crippen LogP contribution in [0.4, 0.5) is 5.69 Å². The highest BCUT2D eigenvalue weighted by Gasteiger charge is 2.19.